The van der Waals surface area contributed by atoms with E-state index in [9.17, 15) is 0 Å². The quantitative estimate of drug-likeness (QED) is 0.663. The molecule has 1 saturated heterocycles. The minimum absolute atomic E-state index is 0.262. The molecule has 4 rings (SSSR count). The summed E-state index contributed by atoms with van der Waals surface area (Å²) in [4.78, 5) is 4.84. The third kappa shape index (κ3) is 3.12. The topological polar surface area (TPSA) is 24.9 Å². The van der Waals surface area contributed by atoms with Crippen LogP contribution in [-0.2, 0) is 12.8 Å². The van der Waals surface area contributed by atoms with Gasteiger partial charge in [-0.3, -0.25) is 4.98 Å². The number of hydrogen-bond donors (Lipinski definition) is 1. The molecule has 0 bridgehead atoms. The van der Waals surface area contributed by atoms with Gasteiger partial charge in [-0.1, -0.05) is 23.2 Å². The maximum Gasteiger partial charge on any atom is 0.0514 e. The molecule has 2 nitrogen and oxygen atoms in total. The summed E-state index contributed by atoms with van der Waals surface area (Å²) in [6.45, 7) is 2.13. The van der Waals surface area contributed by atoms with Gasteiger partial charge in [0, 0.05) is 26.6 Å². The van der Waals surface area contributed by atoms with Crippen molar-refractivity contribution >= 4 is 39.1 Å². The van der Waals surface area contributed by atoms with Gasteiger partial charge in [0.15, 0.2) is 0 Å². The van der Waals surface area contributed by atoms with Crippen LogP contribution in [0.25, 0.3) is 0 Å². The molecule has 0 saturated carbocycles. The minimum Gasteiger partial charge on any atom is -0.317 e. The molecule has 1 fully saturated rings. The third-order valence-corrected chi connectivity index (χ3v) is 6.24. The number of aryl methyl sites for hydroxylation is 2. The Kier molecular flexibility index (Phi) is 4.88. The number of fused-ring (bicyclic) bond motifs is 2. The van der Waals surface area contributed by atoms with E-state index in [0.29, 0.717) is 5.92 Å². The lowest BCUT2D eigenvalue weighted by atomic mass is 9.77. The van der Waals surface area contributed by atoms with Gasteiger partial charge >= 0.3 is 0 Å². The van der Waals surface area contributed by atoms with Crippen molar-refractivity contribution in [3.8, 4) is 0 Å². The molecule has 2 heterocycles. The fourth-order valence-electron chi connectivity index (χ4n) is 4.21. The number of benzene rings is 1. The number of hydrogen-bond acceptors (Lipinski definition) is 2. The highest BCUT2D eigenvalue weighted by Gasteiger charge is 2.34. The number of rotatable bonds is 1. The monoisotopic (exact) mass is 424 g/mol. The van der Waals surface area contributed by atoms with Crippen molar-refractivity contribution < 1.29 is 0 Å². The number of nitrogens with zero attached hydrogens (tertiary/aromatic N) is 1. The fourth-order valence-corrected chi connectivity index (χ4v) is 5.24. The van der Waals surface area contributed by atoms with Crippen molar-refractivity contribution in [2.45, 2.75) is 31.6 Å². The Bertz CT molecular complexity index is 772. The van der Waals surface area contributed by atoms with Crippen LogP contribution in [0.3, 0.4) is 0 Å². The van der Waals surface area contributed by atoms with Crippen LogP contribution < -0.4 is 5.32 Å². The van der Waals surface area contributed by atoms with E-state index >= 15 is 0 Å². The summed E-state index contributed by atoms with van der Waals surface area (Å²) >= 11 is 16.6. The number of pyridine rings is 1. The van der Waals surface area contributed by atoms with Gasteiger partial charge in [0.25, 0.3) is 0 Å². The SMILES string of the molecule is Clc1cc(Cl)c2c(c1)CCc1cc(Br)cnc1C2C1CCNCC1. The van der Waals surface area contributed by atoms with Gasteiger partial charge in [-0.2, -0.15) is 0 Å². The van der Waals surface area contributed by atoms with Crippen molar-refractivity contribution in [3.63, 3.8) is 0 Å². The van der Waals surface area contributed by atoms with E-state index in [1.54, 1.807) is 0 Å². The summed E-state index contributed by atoms with van der Waals surface area (Å²) in [5.74, 6) is 0.826. The van der Waals surface area contributed by atoms with E-state index in [0.717, 1.165) is 53.3 Å². The molecule has 1 aliphatic heterocycles. The average Bonchev–Trinajstić information content (AvgIpc) is 2.72. The molecule has 1 atom stereocenters. The van der Waals surface area contributed by atoms with Gasteiger partial charge in [-0.25, -0.2) is 0 Å². The van der Waals surface area contributed by atoms with Gasteiger partial charge in [0.05, 0.1) is 5.69 Å². The second-order valence-electron chi connectivity index (χ2n) is 6.72. The summed E-state index contributed by atoms with van der Waals surface area (Å²) in [7, 11) is 0. The molecule has 1 unspecified atom stereocenters. The van der Waals surface area contributed by atoms with Crippen LogP contribution in [0.5, 0.6) is 0 Å². The molecule has 0 spiro atoms. The summed E-state index contributed by atoms with van der Waals surface area (Å²) < 4.78 is 1.04. The van der Waals surface area contributed by atoms with Gasteiger partial charge in [-0.15, -0.1) is 0 Å². The predicted octanol–water partition coefficient (Wildman–Crippen LogP) is 5.38. The normalized spacial score (nSPS) is 21.0. The number of halogens is 3. The van der Waals surface area contributed by atoms with Crippen molar-refractivity contribution in [3.05, 3.63) is 61.3 Å². The first-order valence-corrected chi connectivity index (χ1v) is 10.0. The smallest absolute Gasteiger partial charge is 0.0514 e. The predicted molar refractivity (Wildman–Crippen MR) is 103 cm³/mol. The zero-order valence-electron chi connectivity index (χ0n) is 13.3. The average molecular weight is 426 g/mol. The molecule has 5 heteroatoms. The Hall–Kier alpha value is -0.610. The highest BCUT2D eigenvalue weighted by molar-refractivity contribution is 9.10. The van der Waals surface area contributed by atoms with E-state index in [4.69, 9.17) is 28.2 Å². The Labute approximate surface area is 161 Å². The van der Waals surface area contributed by atoms with Crippen LogP contribution in [0.15, 0.2) is 28.9 Å². The molecule has 24 heavy (non-hydrogen) atoms. The first-order valence-electron chi connectivity index (χ1n) is 8.46. The molecule has 1 aromatic heterocycles. The maximum atomic E-state index is 6.69. The molecular weight excluding hydrogens is 407 g/mol. The van der Waals surface area contributed by atoms with Crippen LogP contribution in [0.2, 0.25) is 10.0 Å². The first kappa shape index (κ1) is 16.8. The maximum absolute atomic E-state index is 6.69. The Morgan fingerprint density at radius 3 is 2.58 bits per heavy atom. The van der Waals surface area contributed by atoms with Crippen LogP contribution >= 0.6 is 39.1 Å². The molecule has 126 valence electrons. The summed E-state index contributed by atoms with van der Waals surface area (Å²) in [6, 6.07) is 6.20. The molecule has 0 amide bonds. The second-order valence-corrected chi connectivity index (χ2v) is 8.48. The highest BCUT2D eigenvalue weighted by Crippen LogP contribution is 2.45. The van der Waals surface area contributed by atoms with E-state index in [2.05, 4.69) is 33.4 Å². The van der Waals surface area contributed by atoms with Gasteiger partial charge in [-0.05, 0) is 95.5 Å². The molecule has 1 N–H and O–H groups in total. The Morgan fingerprint density at radius 2 is 1.79 bits per heavy atom. The number of aromatic nitrogens is 1. The Morgan fingerprint density at radius 1 is 1.04 bits per heavy atom. The summed E-state index contributed by atoms with van der Waals surface area (Å²) in [5, 5.41) is 4.98. The van der Waals surface area contributed by atoms with E-state index in [1.165, 1.54) is 22.4 Å². The van der Waals surface area contributed by atoms with Crippen LogP contribution in [-0.4, -0.2) is 18.1 Å². The van der Waals surface area contributed by atoms with Crippen LogP contribution in [0, 0.1) is 5.92 Å². The molecule has 1 aromatic carbocycles. The molecule has 1 aliphatic carbocycles. The van der Waals surface area contributed by atoms with Crippen LogP contribution in [0.1, 0.15) is 41.1 Å². The number of piperidine rings is 1. The second kappa shape index (κ2) is 6.95. The highest BCUT2D eigenvalue weighted by atomic mass is 79.9. The van der Waals surface area contributed by atoms with E-state index in [-0.39, 0.29) is 5.92 Å². The fraction of sp³-hybridized carbons (Fsp3) is 0.421. The van der Waals surface area contributed by atoms with Crippen molar-refractivity contribution in [1.29, 1.82) is 0 Å². The zero-order valence-corrected chi connectivity index (χ0v) is 16.4. The molecular formula is C19H19BrCl2N2. The first-order chi connectivity index (χ1) is 11.6. The van der Waals surface area contributed by atoms with Crippen molar-refractivity contribution in [1.82, 2.24) is 10.3 Å². The standard InChI is InChI=1S/C19H19BrCl2N2/c20-14-7-13-2-1-12-8-15(21)9-16(22)17(12)18(19(13)24-10-14)11-3-5-23-6-4-11/h7-11,18,23H,1-6H2. The molecule has 0 radical (unpaired) electrons. The van der Waals surface area contributed by atoms with Crippen molar-refractivity contribution in [2.24, 2.45) is 5.92 Å². The lowest BCUT2D eigenvalue weighted by molar-refractivity contribution is 0.338. The minimum atomic E-state index is 0.262. The van der Waals surface area contributed by atoms with E-state index < -0.39 is 0 Å². The molecule has 2 aromatic rings. The summed E-state index contributed by atoms with van der Waals surface area (Å²) in [5.41, 5.74) is 5.07. The van der Waals surface area contributed by atoms with Gasteiger partial charge < -0.3 is 5.32 Å². The lowest BCUT2D eigenvalue weighted by Gasteiger charge is -2.32. The largest absolute Gasteiger partial charge is 0.317 e. The number of nitrogens with one attached hydrogen (secondary N) is 1. The third-order valence-electron chi connectivity index (χ3n) is 5.27. The van der Waals surface area contributed by atoms with Crippen molar-refractivity contribution in [2.75, 3.05) is 13.1 Å². The summed E-state index contributed by atoms with van der Waals surface area (Å²) in [6.07, 6.45) is 6.16. The van der Waals surface area contributed by atoms with Crippen LogP contribution in [0.4, 0.5) is 0 Å². The lowest BCUT2D eigenvalue weighted by Crippen LogP contribution is -2.32. The molecule has 2 aliphatic rings. The van der Waals surface area contributed by atoms with Gasteiger partial charge in [0.1, 0.15) is 0 Å². The van der Waals surface area contributed by atoms with Gasteiger partial charge in [0.2, 0.25) is 0 Å². The Balaban J connectivity index is 1.91. The zero-order chi connectivity index (χ0) is 16.7. The van der Waals surface area contributed by atoms with E-state index in [1.807, 2.05) is 12.3 Å².